The molecule has 0 unspecified atom stereocenters. The van der Waals surface area contributed by atoms with E-state index in [2.05, 4.69) is 42.5 Å². The van der Waals surface area contributed by atoms with Crippen molar-refractivity contribution in [3.63, 3.8) is 0 Å². The normalized spacial score (nSPS) is 26.4. The van der Waals surface area contributed by atoms with Crippen LogP contribution < -0.4 is 4.74 Å². The third-order valence-electron chi connectivity index (χ3n) is 8.55. The van der Waals surface area contributed by atoms with Crippen molar-refractivity contribution < 1.29 is 14.6 Å². The summed E-state index contributed by atoms with van der Waals surface area (Å²) < 4.78 is 6.51. The van der Waals surface area contributed by atoms with Gasteiger partial charge >= 0.3 is 5.97 Å². The van der Waals surface area contributed by atoms with Gasteiger partial charge in [0.2, 0.25) is 0 Å². The fourth-order valence-electron chi connectivity index (χ4n) is 7.45. The monoisotopic (exact) mass is 498 g/mol. The Labute approximate surface area is 217 Å². The Kier molecular flexibility index (Phi) is 6.13. The van der Waals surface area contributed by atoms with Crippen LogP contribution in [0, 0.1) is 17.8 Å². The number of hydrogen-bond acceptors (Lipinski definition) is 2. The summed E-state index contributed by atoms with van der Waals surface area (Å²) in [6, 6.07) is 22.7. The first kappa shape index (κ1) is 23.4. The third-order valence-corrected chi connectivity index (χ3v) is 8.86. The molecule has 3 nitrogen and oxygen atoms in total. The summed E-state index contributed by atoms with van der Waals surface area (Å²) in [7, 11) is 0. The molecule has 0 aliphatic heterocycles. The smallest absolute Gasteiger partial charge is 0.328 e. The van der Waals surface area contributed by atoms with Crippen LogP contribution in [0.1, 0.15) is 55.2 Å². The molecule has 4 aliphatic carbocycles. The first-order valence-electron chi connectivity index (χ1n) is 13.0. The van der Waals surface area contributed by atoms with Crippen LogP contribution >= 0.6 is 11.6 Å². The predicted octanol–water partition coefficient (Wildman–Crippen LogP) is 8.15. The van der Waals surface area contributed by atoms with Gasteiger partial charge in [0.25, 0.3) is 0 Å². The number of carbonyl (C=O) groups is 1. The lowest BCUT2D eigenvalue weighted by atomic mass is 9.48. The minimum absolute atomic E-state index is 0.188. The van der Waals surface area contributed by atoms with E-state index in [1.165, 1.54) is 49.7 Å². The minimum atomic E-state index is -0.971. The molecule has 0 atom stereocenters. The number of ether oxygens (including phenoxy) is 1. The Morgan fingerprint density at radius 3 is 2.28 bits per heavy atom. The Bertz CT molecular complexity index is 1270. The van der Waals surface area contributed by atoms with Crippen LogP contribution in [-0.2, 0) is 16.8 Å². The van der Waals surface area contributed by atoms with E-state index in [1.54, 1.807) is 6.08 Å². The molecule has 36 heavy (non-hydrogen) atoms. The average Bonchev–Trinajstić information content (AvgIpc) is 2.86. The summed E-state index contributed by atoms with van der Waals surface area (Å²) in [6.45, 7) is 0.560. The van der Waals surface area contributed by atoms with Gasteiger partial charge in [0, 0.05) is 22.2 Å². The van der Waals surface area contributed by atoms with Crippen LogP contribution in [0.4, 0.5) is 0 Å². The number of carboxylic acids is 1. The highest BCUT2D eigenvalue weighted by atomic mass is 35.5. The van der Waals surface area contributed by atoms with Gasteiger partial charge in [-0.3, -0.25) is 0 Å². The second-order valence-electron chi connectivity index (χ2n) is 11.1. The quantitative estimate of drug-likeness (QED) is 0.334. The third kappa shape index (κ3) is 4.57. The summed E-state index contributed by atoms with van der Waals surface area (Å²) in [5.74, 6) is 2.55. The Morgan fingerprint density at radius 2 is 1.64 bits per heavy atom. The van der Waals surface area contributed by atoms with Gasteiger partial charge in [-0.25, -0.2) is 4.79 Å². The van der Waals surface area contributed by atoms with Crippen LogP contribution in [-0.4, -0.2) is 11.1 Å². The molecule has 0 saturated heterocycles. The average molecular weight is 499 g/mol. The molecule has 4 heteroatoms. The van der Waals surface area contributed by atoms with E-state index in [4.69, 9.17) is 21.4 Å². The van der Waals surface area contributed by atoms with Crippen molar-refractivity contribution in [2.75, 3.05) is 0 Å². The second kappa shape index (κ2) is 9.44. The van der Waals surface area contributed by atoms with Crippen molar-refractivity contribution in [1.82, 2.24) is 0 Å². The van der Waals surface area contributed by atoms with Crippen molar-refractivity contribution >= 4 is 23.6 Å². The van der Waals surface area contributed by atoms with Crippen LogP contribution in [0.2, 0.25) is 5.02 Å². The fourth-order valence-corrected chi connectivity index (χ4v) is 7.75. The number of carboxylic acid groups (broad SMARTS) is 1. The lowest BCUT2D eigenvalue weighted by Crippen LogP contribution is -2.48. The summed E-state index contributed by atoms with van der Waals surface area (Å²) in [6.07, 6.45) is 10.7. The zero-order valence-electron chi connectivity index (χ0n) is 20.3. The molecule has 4 fully saturated rings. The summed E-state index contributed by atoms with van der Waals surface area (Å²) in [5, 5.41) is 9.56. The van der Waals surface area contributed by atoms with Crippen molar-refractivity contribution in [3.05, 3.63) is 94.5 Å². The highest BCUT2D eigenvalue weighted by molar-refractivity contribution is 6.33. The standard InChI is InChI=1S/C32H31ClO3/c33-29-15-21(7-11-31(34)35)6-9-27(29)26-8-10-30(36-20-22-4-2-1-3-5-22)28(16-26)32-17-23-12-24(18-32)14-25(13-23)19-32/h1-11,15-16,23-25H,12-14,17-20H2,(H,34,35). The van der Waals surface area contributed by atoms with E-state index in [0.717, 1.165) is 46.3 Å². The number of halogens is 1. The maximum absolute atomic E-state index is 10.9. The maximum atomic E-state index is 10.9. The summed E-state index contributed by atoms with van der Waals surface area (Å²) in [5.41, 5.74) is 5.53. The molecule has 0 radical (unpaired) electrons. The van der Waals surface area contributed by atoms with Crippen molar-refractivity contribution in [3.8, 4) is 16.9 Å². The van der Waals surface area contributed by atoms with Gasteiger partial charge < -0.3 is 9.84 Å². The maximum Gasteiger partial charge on any atom is 0.328 e. The van der Waals surface area contributed by atoms with Crippen LogP contribution in [0.5, 0.6) is 5.75 Å². The van der Waals surface area contributed by atoms with E-state index in [9.17, 15) is 4.79 Å². The molecule has 7 rings (SSSR count). The molecule has 1 N–H and O–H groups in total. The molecule has 184 valence electrons. The molecule has 0 amide bonds. The van der Waals surface area contributed by atoms with Crippen LogP contribution in [0.25, 0.3) is 17.2 Å². The number of aliphatic carboxylic acids is 1. The Balaban J connectivity index is 1.38. The number of rotatable bonds is 7. The Hall–Kier alpha value is -3.04. The molecular weight excluding hydrogens is 468 g/mol. The Morgan fingerprint density at radius 1 is 0.944 bits per heavy atom. The molecule has 4 saturated carbocycles. The van der Waals surface area contributed by atoms with Gasteiger partial charge in [-0.2, -0.15) is 0 Å². The van der Waals surface area contributed by atoms with Crippen molar-refractivity contribution in [2.24, 2.45) is 17.8 Å². The highest BCUT2D eigenvalue weighted by Crippen LogP contribution is 2.62. The van der Waals surface area contributed by atoms with Crippen LogP contribution in [0.15, 0.2) is 72.8 Å². The molecule has 3 aromatic rings. The van der Waals surface area contributed by atoms with Gasteiger partial charge in [0.1, 0.15) is 12.4 Å². The first-order valence-corrected chi connectivity index (χ1v) is 13.4. The van der Waals surface area contributed by atoms with E-state index >= 15 is 0 Å². The van der Waals surface area contributed by atoms with Gasteiger partial charge in [-0.15, -0.1) is 0 Å². The number of hydrogen-bond donors (Lipinski definition) is 1. The second-order valence-corrected chi connectivity index (χ2v) is 11.5. The minimum Gasteiger partial charge on any atom is -0.489 e. The van der Waals surface area contributed by atoms with Crippen molar-refractivity contribution in [2.45, 2.75) is 50.5 Å². The summed E-state index contributed by atoms with van der Waals surface area (Å²) in [4.78, 5) is 10.9. The lowest BCUT2D eigenvalue weighted by molar-refractivity contribution is -0.131. The molecule has 3 aromatic carbocycles. The highest BCUT2D eigenvalue weighted by Gasteiger charge is 2.52. The van der Waals surface area contributed by atoms with Crippen molar-refractivity contribution in [1.29, 1.82) is 0 Å². The zero-order valence-corrected chi connectivity index (χ0v) is 21.1. The van der Waals surface area contributed by atoms with Crippen LogP contribution in [0.3, 0.4) is 0 Å². The van der Waals surface area contributed by atoms with E-state index in [-0.39, 0.29) is 5.41 Å². The molecule has 0 heterocycles. The fraction of sp³-hybridized carbons (Fsp3) is 0.344. The molecular formula is C32H31ClO3. The van der Waals surface area contributed by atoms with E-state index in [1.807, 2.05) is 24.3 Å². The predicted molar refractivity (Wildman–Crippen MR) is 144 cm³/mol. The van der Waals surface area contributed by atoms with Gasteiger partial charge in [0.05, 0.1) is 0 Å². The molecule has 0 aromatic heterocycles. The van der Waals surface area contributed by atoms with Gasteiger partial charge in [-0.05, 0) is 103 Å². The number of benzene rings is 3. The SMILES string of the molecule is O=C(O)C=Cc1ccc(-c2ccc(OCc3ccccc3)c(C34CC5CC(CC(C5)C3)C4)c2)c(Cl)c1. The molecule has 0 spiro atoms. The van der Waals surface area contributed by atoms with Gasteiger partial charge in [0.15, 0.2) is 0 Å². The lowest BCUT2D eigenvalue weighted by Gasteiger charge is -2.57. The van der Waals surface area contributed by atoms with E-state index < -0.39 is 5.97 Å². The molecule has 4 bridgehead atoms. The first-order chi connectivity index (χ1) is 17.5. The largest absolute Gasteiger partial charge is 0.489 e. The summed E-state index contributed by atoms with van der Waals surface area (Å²) >= 11 is 6.72. The van der Waals surface area contributed by atoms with E-state index in [0.29, 0.717) is 11.6 Å². The molecule has 4 aliphatic rings. The van der Waals surface area contributed by atoms with Gasteiger partial charge in [-0.1, -0.05) is 60.1 Å². The topological polar surface area (TPSA) is 46.5 Å². The zero-order chi connectivity index (χ0) is 24.7.